The maximum absolute atomic E-state index is 5.90. The van der Waals surface area contributed by atoms with E-state index in [1.807, 2.05) is 0 Å². The van der Waals surface area contributed by atoms with E-state index in [4.69, 9.17) is 11.5 Å². The standard InChI is InChI=1S/C10H17N3S/c11-9-8(13-10(12)14-9)7-5-3-1-2-4-6-7/h7H,1-6,11H2,(H2,12,13). The molecule has 1 heterocycles. The molecule has 1 fully saturated rings. The van der Waals surface area contributed by atoms with Gasteiger partial charge in [-0.1, -0.05) is 37.0 Å². The van der Waals surface area contributed by atoms with Gasteiger partial charge in [0.15, 0.2) is 5.13 Å². The Balaban J connectivity index is 2.15. The van der Waals surface area contributed by atoms with Gasteiger partial charge < -0.3 is 11.5 Å². The van der Waals surface area contributed by atoms with Crippen LogP contribution in [0.2, 0.25) is 0 Å². The molecule has 0 atom stereocenters. The average molecular weight is 211 g/mol. The van der Waals surface area contributed by atoms with Crippen LogP contribution in [-0.2, 0) is 0 Å². The van der Waals surface area contributed by atoms with Gasteiger partial charge in [-0.3, -0.25) is 0 Å². The summed E-state index contributed by atoms with van der Waals surface area (Å²) < 4.78 is 0. The maximum atomic E-state index is 5.90. The van der Waals surface area contributed by atoms with E-state index in [0.717, 1.165) is 10.7 Å². The molecular weight excluding hydrogens is 194 g/mol. The molecule has 0 aliphatic heterocycles. The number of anilines is 2. The molecule has 1 aliphatic carbocycles. The minimum absolute atomic E-state index is 0.561. The fourth-order valence-electron chi connectivity index (χ4n) is 2.21. The molecule has 4 N–H and O–H groups in total. The van der Waals surface area contributed by atoms with Crippen molar-refractivity contribution in [2.75, 3.05) is 11.5 Å². The Morgan fingerprint density at radius 2 is 1.71 bits per heavy atom. The number of hydrogen-bond donors (Lipinski definition) is 2. The van der Waals surface area contributed by atoms with Crippen LogP contribution in [0.15, 0.2) is 0 Å². The van der Waals surface area contributed by atoms with E-state index in [9.17, 15) is 0 Å². The summed E-state index contributed by atoms with van der Waals surface area (Å²) in [5, 5.41) is 1.44. The lowest BCUT2D eigenvalue weighted by Crippen LogP contribution is -2.01. The molecule has 0 bridgehead atoms. The summed E-state index contributed by atoms with van der Waals surface area (Å²) in [5.74, 6) is 0.561. The zero-order chi connectivity index (χ0) is 9.97. The minimum atomic E-state index is 0.561. The first-order chi connectivity index (χ1) is 6.77. The Labute approximate surface area is 88.5 Å². The molecule has 0 aromatic carbocycles. The molecule has 0 spiro atoms. The fraction of sp³-hybridized carbons (Fsp3) is 0.700. The first-order valence-corrected chi connectivity index (χ1v) is 6.10. The van der Waals surface area contributed by atoms with Crippen molar-refractivity contribution in [2.45, 2.75) is 44.4 Å². The number of hydrogen-bond acceptors (Lipinski definition) is 4. The molecular formula is C10H17N3S. The van der Waals surface area contributed by atoms with Gasteiger partial charge in [-0.15, -0.1) is 0 Å². The Morgan fingerprint density at radius 3 is 2.21 bits per heavy atom. The van der Waals surface area contributed by atoms with Gasteiger partial charge in [0, 0.05) is 5.92 Å². The van der Waals surface area contributed by atoms with Crippen molar-refractivity contribution in [3.05, 3.63) is 5.69 Å². The lowest BCUT2D eigenvalue weighted by Gasteiger charge is -2.11. The molecule has 0 unspecified atom stereocenters. The third-order valence-corrected chi connectivity index (χ3v) is 3.67. The van der Waals surface area contributed by atoms with E-state index in [2.05, 4.69) is 4.98 Å². The van der Waals surface area contributed by atoms with Crippen LogP contribution in [0.5, 0.6) is 0 Å². The molecule has 3 nitrogen and oxygen atoms in total. The van der Waals surface area contributed by atoms with Crippen molar-refractivity contribution in [1.29, 1.82) is 0 Å². The lowest BCUT2D eigenvalue weighted by molar-refractivity contribution is 0.582. The van der Waals surface area contributed by atoms with Crippen molar-refractivity contribution >= 4 is 21.5 Å². The van der Waals surface area contributed by atoms with Crippen LogP contribution in [0.25, 0.3) is 0 Å². The maximum Gasteiger partial charge on any atom is 0.182 e. The summed E-state index contributed by atoms with van der Waals surface area (Å²) >= 11 is 1.41. The number of nitrogens with zero attached hydrogens (tertiary/aromatic N) is 1. The molecule has 2 rings (SSSR count). The van der Waals surface area contributed by atoms with Gasteiger partial charge >= 0.3 is 0 Å². The number of aromatic nitrogens is 1. The van der Waals surface area contributed by atoms with Crippen molar-refractivity contribution in [3.63, 3.8) is 0 Å². The summed E-state index contributed by atoms with van der Waals surface area (Å²) in [7, 11) is 0. The first-order valence-electron chi connectivity index (χ1n) is 5.29. The highest BCUT2D eigenvalue weighted by Crippen LogP contribution is 2.36. The van der Waals surface area contributed by atoms with Gasteiger partial charge in [-0.05, 0) is 12.8 Å². The van der Waals surface area contributed by atoms with Crippen LogP contribution in [-0.4, -0.2) is 4.98 Å². The summed E-state index contributed by atoms with van der Waals surface area (Å²) in [6, 6.07) is 0. The number of thiazole rings is 1. The van der Waals surface area contributed by atoms with Gasteiger partial charge in [-0.25, -0.2) is 4.98 Å². The molecule has 1 aromatic heterocycles. The second-order valence-electron chi connectivity index (χ2n) is 3.99. The quantitative estimate of drug-likeness (QED) is 0.702. The predicted molar refractivity (Wildman–Crippen MR) is 61.4 cm³/mol. The molecule has 0 radical (unpaired) electrons. The average Bonchev–Trinajstić information content (AvgIpc) is 2.43. The molecule has 0 amide bonds. The molecule has 0 saturated heterocycles. The van der Waals surface area contributed by atoms with Crippen molar-refractivity contribution in [2.24, 2.45) is 0 Å². The third-order valence-electron chi connectivity index (χ3n) is 2.94. The molecule has 1 saturated carbocycles. The fourth-order valence-corrected chi connectivity index (χ4v) is 2.89. The second-order valence-corrected chi connectivity index (χ2v) is 5.05. The van der Waals surface area contributed by atoms with Crippen molar-refractivity contribution in [1.82, 2.24) is 4.98 Å². The molecule has 78 valence electrons. The van der Waals surface area contributed by atoms with Crippen LogP contribution >= 0.6 is 11.3 Å². The zero-order valence-electron chi connectivity index (χ0n) is 8.33. The monoisotopic (exact) mass is 211 g/mol. The Hall–Kier alpha value is -0.770. The summed E-state index contributed by atoms with van der Waals surface area (Å²) in [4.78, 5) is 4.35. The number of nitrogens with two attached hydrogens (primary N) is 2. The Morgan fingerprint density at radius 1 is 1.07 bits per heavy atom. The third kappa shape index (κ3) is 2.00. The topological polar surface area (TPSA) is 64.9 Å². The molecule has 1 aromatic rings. The highest BCUT2D eigenvalue weighted by molar-refractivity contribution is 7.19. The largest absolute Gasteiger partial charge is 0.389 e. The Kier molecular flexibility index (Phi) is 2.91. The van der Waals surface area contributed by atoms with Gasteiger partial charge in [0.1, 0.15) is 5.00 Å². The van der Waals surface area contributed by atoms with E-state index in [1.54, 1.807) is 0 Å². The van der Waals surface area contributed by atoms with Gasteiger partial charge in [0.25, 0.3) is 0 Å². The molecule has 1 aliphatic rings. The van der Waals surface area contributed by atoms with E-state index in [1.165, 1.54) is 49.9 Å². The van der Waals surface area contributed by atoms with E-state index < -0.39 is 0 Å². The smallest absolute Gasteiger partial charge is 0.182 e. The van der Waals surface area contributed by atoms with Gasteiger partial charge in [0.2, 0.25) is 0 Å². The van der Waals surface area contributed by atoms with Gasteiger partial charge in [-0.2, -0.15) is 0 Å². The summed E-state index contributed by atoms with van der Waals surface area (Å²) in [5.41, 5.74) is 12.6. The predicted octanol–water partition coefficient (Wildman–Crippen LogP) is 2.75. The lowest BCUT2D eigenvalue weighted by atomic mass is 9.97. The highest BCUT2D eigenvalue weighted by atomic mass is 32.1. The molecule has 14 heavy (non-hydrogen) atoms. The first kappa shape index (κ1) is 9.77. The minimum Gasteiger partial charge on any atom is -0.389 e. The number of nitrogen functional groups attached to an aromatic ring is 2. The van der Waals surface area contributed by atoms with E-state index in [-0.39, 0.29) is 0 Å². The van der Waals surface area contributed by atoms with Gasteiger partial charge in [0.05, 0.1) is 5.69 Å². The molecule has 4 heteroatoms. The van der Waals surface area contributed by atoms with Crippen LogP contribution in [0.4, 0.5) is 10.1 Å². The second kappa shape index (κ2) is 4.17. The summed E-state index contributed by atoms with van der Waals surface area (Å²) in [6.07, 6.45) is 7.79. The highest BCUT2D eigenvalue weighted by Gasteiger charge is 2.19. The van der Waals surface area contributed by atoms with Crippen molar-refractivity contribution < 1.29 is 0 Å². The van der Waals surface area contributed by atoms with Crippen LogP contribution in [0.3, 0.4) is 0 Å². The van der Waals surface area contributed by atoms with E-state index in [0.29, 0.717) is 11.0 Å². The van der Waals surface area contributed by atoms with Crippen LogP contribution in [0, 0.1) is 0 Å². The normalized spacial score (nSPS) is 19.4. The SMILES string of the molecule is Nc1nc(C2CCCCCC2)c(N)s1. The van der Waals surface area contributed by atoms with Crippen molar-refractivity contribution in [3.8, 4) is 0 Å². The van der Waals surface area contributed by atoms with E-state index >= 15 is 0 Å². The zero-order valence-corrected chi connectivity index (χ0v) is 9.15. The summed E-state index contributed by atoms with van der Waals surface area (Å²) in [6.45, 7) is 0. The van der Waals surface area contributed by atoms with Crippen LogP contribution < -0.4 is 11.5 Å². The Bertz CT molecular complexity index is 300. The van der Waals surface area contributed by atoms with Crippen LogP contribution in [0.1, 0.15) is 50.1 Å². The number of rotatable bonds is 1.